The van der Waals surface area contributed by atoms with Crippen LogP contribution >= 0.6 is 0 Å². The second kappa shape index (κ2) is 4.80. The minimum absolute atomic E-state index is 0.155. The van der Waals surface area contributed by atoms with E-state index in [1.807, 2.05) is 35.2 Å². The summed E-state index contributed by atoms with van der Waals surface area (Å²) in [5.74, 6) is -2.56. The summed E-state index contributed by atoms with van der Waals surface area (Å²) in [6, 6.07) is 11.1. The molecule has 0 unspecified atom stereocenters. The fourth-order valence-corrected chi connectivity index (χ4v) is 2.11. The Bertz CT molecular complexity index is 401. The van der Waals surface area contributed by atoms with E-state index in [4.69, 9.17) is 0 Å². The van der Waals surface area contributed by atoms with Gasteiger partial charge in [0.25, 0.3) is 5.92 Å². The highest BCUT2D eigenvalue weighted by atomic mass is 19.3. The van der Waals surface area contributed by atoms with Gasteiger partial charge in [-0.25, -0.2) is 8.78 Å². The molecule has 0 aromatic heterocycles. The minimum Gasteiger partial charge on any atom is -0.284 e. The Labute approximate surface area is 99.5 Å². The summed E-state index contributed by atoms with van der Waals surface area (Å²) in [6.07, 6.45) is -0.309. The van der Waals surface area contributed by atoms with Crippen LogP contribution in [0.1, 0.15) is 24.4 Å². The van der Waals surface area contributed by atoms with Gasteiger partial charge in [-0.05, 0) is 5.56 Å². The standard InChI is InChI=1S/C13H14F2N2/c14-13(15)6-8-17(9-7-13)12(10-16)11-4-2-1-3-5-11/h1-5,12H,6-9H2/t12-/m1/s1. The van der Waals surface area contributed by atoms with E-state index in [1.165, 1.54) is 0 Å². The summed E-state index contributed by atoms with van der Waals surface area (Å²) in [7, 11) is 0. The van der Waals surface area contributed by atoms with Crippen LogP contribution in [0.4, 0.5) is 8.78 Å². The molecule has 1 fully saturated rings. The van der Waals surface area contributed by atoms with Crippen molar-refractivity contribution < 1.29 is 8.78 Å². The summed E-state index contributed by atoms with van der Waals surface area (Å²) < 4.78 is 26.1. The minimum atomic E-state index is -2.56. The monoisotopic (exact) mass is 236 g/mol. The van der Waals surface area contributed by atoms with E-state index in [0.717, 1.165) is 5.56 Å². The van der Waals surface area contributed by atoms with Gasteiger partial charge in [-0.3, -0.25) is 4.90 Å². The largest absolute Gasteiger partial charge is 0.284 e. The fourth-order valence-electron chi connectivity index (χ4n) is 2.11. The summed E-state index contributed by atoms with van der Waals surface area (Å²) in [4.78, 5) is 1.83. The van der Waals surface area contributed by atoms with Crippen molar-refractivity contribution >= 4 is 0 Å². The third-order valence-corrected chi connectivity index (χ3v) is 3.13. The molecule has 0 saturated carbocycles. The average Bonchev–Trinajstić information content (AvgIpc) is 2.33. The summed E-state index contributed by atoms with van der Waals surface area (Å²) in [5.41, 5.74) is 0.875. The average molecular weight is 236 g/mol. The number of benzene rings is 1. The SMILES string of the molecule is N#C[C@H](c1ccccc1)N1CCC(F)(F)CC1. The molecule has 1 aliphatic heterocycles. The number of hydrogen-bond donors (Lipinski definition) is 0. The van der Waals surface area contributed by atoms with E-state index >= 15 is 0 Å². The number of nitriles is 1. The van der Waals surface area contributed by atoms with Crippen LogP contribution in [0, 0.1) is 11.3 Å². The molecule has 4 heteroatoms. The second-order valence-corrected chi connectivity index (χ2v) is 4.33. The third kappa shape index (κ3) is 2.80. The van der Waals surface area contributed by atoms with Crippen LogP contribution in [0.25, 0.3) is 0 Å². The molecule has 0 bridgehead atoms. The van der Waals surface area contributed by atoms with Crippen LogP contribution in [-0.4, -0.2) is 23.9 Å². The smallest absolute Gasteiger partial charge is 0.250 e. The Hall–Kier alpha value is -1.47. The van der Waals surface area contributed by atoms with Crippen molar-refractivity contribution in [3.8, 4) is 6.07 Å². The van der Waals surface area contributed by atoms with Gasteiger partial charge in [-0.2, -0.15) is 5.26 Å². The van der Waals surface area contributed by atoms with Crippen molar-refractivity contribution in [3.05, 3.63) is 35.9 Å². The predicted molar refractivity (Wildman–Crippen MR) is 60.6 cm³/mol. The molecule has 1 aliphatic rings. The first-order valence-corrected chi connectivity index (χ1v) is 5.69. The maximum absolute atomic E-state index is 13.0. The Morgan fingerprint density at radius 2 is 1.76 bits per heavy atom. The molecule has 90 valence electrons. The van der Waals surface area contributed by atoms with Gasteiger partial charge in [0.15, 0.2) is 0 Å². The molecule has 1 aromatic carbocycles. The van der Waals surface area contributed by atoms with Crippen LogP contribution < -0.4 is 0 Å². The molecule has 0 amide bonds. The molecule has 0 aliphatic carbocycles. The van der Waals surface area contributed by atoms with Gasteiger partial charge >= 0.3 is 0 Å². The quantitative estimate of drug-likeness (QED) is 0.789. The van der Waals surface area contributed by atoms with Gasteiger partial charge in [0, 0.05) is 25.9 Å². The lowest BCUT2D eigenvalue weighted by Gasteiger charge is -2.34. The van der Waals surface area contributed by atoms with Gasteiger partial charge in [-0.15, -0.1) is 0 Å². The van der Waals surface area contributed by atoms with Crippen LogP contribution in [-0.2, 0) is 0 Å². The summed E-state index contributed by atoms with van der Waals surface area (Å²) in [5, 5.41) is 9.18. The molecule has 1 heterocycles. The topological polar surface area (TPSA) is 27.0 Å². The first-order chi connectivity index (χ1) is 8.12. The highest BCUT2D eigenvalue weighted by Gasteiger charge is 2.36. The fraction of sp³-hybridized carbons (Fsp3) is 0.462. The lowest BCUT2D eigenvalue weighted by Crippen LogP contribution is -2.41. The van der Waals surface area contributed by atoms with E-state index in [0.29, 0.717) is 0 Å². The number of rotatable bonds is 2. The maximum Gasteiger partial charge on any atom is 0.250 e. The van der Waals surface area contributed by atoms with Crippen LogP contribution in [0.5, 0.6) is 0 Å². The Balaban J connectivity index is 2.09. The van der Waals surface area contributed by atoms with E-state index in [1.54, 1.807) is 0 Å². The van der Waals surface area contributed by atoms with Gasteiger partial charge < -0.3 is 0 Å². The maximum atomic E-state index is 13.0. The normalized spacial score (nSPS) is 21.7. The first-order valence-electron chi connectivity index (χ1n) is 5.69. The van der Waals surface area contributed by atoms with Crippen LogP contribution in [0.2, 0.25) is 0 Å². The van der Waals surface area contributed by atoms with Gasteiger partial charge in [-0.1, -0.05) is 30.3 Å². The Morgan fingerprint density at radius 1 is 1.18 bits per heavy atom. The molecular formula is C13H14F2N2. The molecule has 1 aromatic rings. The number of nitrogens with zero attached hydrogens (tertiary/aromatic N) is 2. The molecule has 2 nitrogen and oxygen atoms in total. The Morgan fingerprint density at radius 3 is 2.29 bits per heavy atom. The lowest BCUT2D eigenvalue weighted by molar-refractivity contribution is -0.0594. The van der Waals surface area contributed by atoms with Crippen molar-refractivity contribution in [2.24, 2.45) is 0 Å². The predicted octanol–water partition coefficient (Wildman–Crippen LogP) is 2.98. The van der Waals surface area contributed by atoms with E-state index < -0.39 is 12.0 Å². The van der Waals surface area contributed by atoms with E-state index in [-0.39, 0.29) is 25.9 Å². The van der Waals surface area contributed by atoms with Crippen molar-refractivity contribution in [2.45, 2.75) is 24.8 Å². The summed E-state index contributed by atoms with van der Waals surface area (Å²) in [6.45, 7) is 0.556. The molecular weight excluding hydrogens is 222 g/mol. The van der Waals surface area contributed by atoms with Crippen molar-refractivity contribution in [3.63, 3.8) is 0 Å². The van der Waals surface area contributed by atoms with Crippen LogP contribution in [0.15, 0.2) is 30.3 Å². The first kappa shape index (κ1) is 12.0. The van der Waals surface area contributed by atoms with E-state index in [9.17, 15) is 14.0 Å². The molecule has 0 radical (unpaired) electrons. The number of likely N-dealkylation sites (tertiary alicyclic amines) is 1. The van der Waals surface area contributed by atoms with Gasteiger partial charge in [0.1, 0.15) is 6.04 Å². The number of alkyl halides is 2. The molecule has 0 spiro atoms. The summed E-state index contributed by atoms with van der Waals surface area (Å²) >= 11 is 0. The number of piperidine rings is 1. The lowest BCUT2D eigenvalue weighted by atomic mass is 10.0. The number of halogens is 2. The zero-order valence-corrected chi connectivity index (χ0v) is 9.44. The third-order valence-electron chi connectivity index (χ3n) is 3.13. The second-order valence-electron chi connectivity index (χ2n) is 4.33. The van der Waals surface area contributed by atoms with Crippen molar-refractivity contribution in [1.29, 1.82) is 5.26 Å². The zero-order valence-electron chi connectivity index (χ0n) is 9.44. The molecule has 1 saturated heterocycles. The molecule has 17 heavy (non-hydrogen) atoms. The zero-order chi connectivity index (χ0) is 12.3. The van der Waals surface area contributed by atoms with Gasteiger partial charge in [0.2, 0.25) is 0 Å². The molecule has 2 rings (SSSR count). The molecule has 0 N–H and O–H groups in total. The Kier molecular flexibility index (Phi) is 3.39. The van der Waals surface area contributed by atoms with Gasteiger partial charge in [0.05, 0.1) is 6.07 Å². The van der Waals surface area contributed by atoms with E-state index in [2.05, 4.69) is 6.07 Å². The van der Waals surface area contributed by atoms with Crippen molar-refractivity contribution in [1.82, 2.24) is 4.90 Å². The molecule has 1 atom stereocenters. The highest BCUT2D eigenvalue weighted by molar-refractivity contribution is 5.24. The van der Waals surface area contributed by atoms with Crippen molar-refractivity contribution in [2.75, 3.05) is 13.1 Å². The number of hydrogen-bond acceptors (Lipinski definition) is 2. The van der Waals surface area contributed by atoms with Crippen LogP contribution in [0.3, 0.4) is 0 Å². The highest BCUT2D eigenvalue weighted by Crippen LogP contribution is 2.31.